The Morgan fingerprint density at radius 1 is 0.972 bits per heavy atom. The average molecular weight is 489 g/mol. The Morgan fingerprint density at radius 2 is 1.72 bits per heavy atom. The number of hydrogen-bond acceptors (Lipinski definition) is 2. The number of nitrogens with zero attached hydrogens (tertiary/aromatic N) is 2. The number of benzene rings is 3. The minimum atomic E-state index is -0.914. The summed E-state index contributed by atoms with van der Waals surface area (Å²) < 4.78 is 30.2. The molecule has 36 heavy (non-hydrogen) atoms. The first-order valence-corrected chi connectivity index (χ1v) is 12.0. The smallest absolute Gasteiger partial charge is 0.323 e. The summed E-state index contributed by atoms with van der Waals surface area (Å²) in [5.41, 5.74) is 3.83. The van der Waals surface area contributed by atoms with E-state index in [1.807, 2.05) is 59.2 Å². The summed E-state index contributed by atoms with van der Waals surface area (Å²) in [7, 11) is 0. The van der Waals surface area contributed by atoms with E-state index in [2.05, 4.69) is 0 Å². The van der Waals surface area contributed by atoms with E-state index in [9.17, 15) is 23.5 Å². The zero-order valence-electron chi connectivity index (χ0n) is 19.7. The number of carbonyl (C=O) groups excluding carboxylic acids is 1. The lowest BCUT2D eigenvalue weighted by Crippen LogP contribution is -2.38. The number of carbonyl (C=O) groups is 2. The molecule has 1 atom stereocenters. The van der Waals surface area contributed by atoms with Gasteiger partial charge in [0, 0.05) is 41.2 Å². The van der Waals surface area contributed by atoms with E-state index in [0.29, 0.717) is 19.3 Å². The van der Waals surface area contributed by atoms with Crippen LogP contribution in [0.3, 0.4) is 0 Å². The number of amides is 1. The first kappa shape index (κ1) is 23.7. The molecule has 0 saturated heterocycles. The Kier molecular flexibility index (Phi) is 6.55. The van der Waals surface area contributed by atoms with Gasteiger partial charge >= 0.3 is 5.97 Å². The fourth-order valence-corrected chi connectivity index (χ4v) is 5.27. The zero-order chi connectivity index (χ0) is 25.2. The van der Waals surface area contributed by atoms with Crippen LogP contribution in [-0.2, 0) is 42.1 Å². The third kappa shape index (κ3) is 4.73. The number of fused-ring (bicyclic) bond motifs is 3. The van der Waals surface area contributed by atoms with Crippen LogP contribution in [0.5, 0.6) is 0 Å². The van der Waals surface area contributed by atoms with E-state index in [0.717, 1.165) is 45.9 Å². The van der Waals surface area contributed by atoms with Crippen molar-refractivity contribution in [3.63, 3.8) is 0 Å². The van der Waals surface area contributed by atoms with Gasteiger partial charge in [0.05, 0.1) is 0 Å². The number of carboxylic acids is 1. The molecule has 5 nitrogen and oxygen atoms in total. The van der Waals surface area contributed by atoms with Gasteiger partial charge in [-0.15, -0.1) is 0 Å². The molecule has 1 unspecified atom stereocenters. The first-order chi connectivity index (χ1) is 17.4. The third-order valence-electron chi connectivity index (χ3n) is 6.91. The summed E-state index contributed by atoms with van der Waals surface area (Å²) in [6, 6.07) is 20.4. The van der Waals surface area contributed by atoms with E-state index in [4.69, 9.17) is 0 Å². The van der Waals surface area contributed by atoms with Crippen molar-refractivity contribution in [2.75, 3.05) is 0 Å². The molecule has 7 heteroatoms. The lowest BCUT2D eigenvalue weighted by molar-refractivity contribution is -0.138. The van der Waals surface area contributed by atoms with E-state index in [1.165, 1.54) is 0 Å². The number of rotatable bonds is 7. The van der Waals surface area contributed by atoms with Gasteiger partial charge in [-0.25, -0.2) is 8.78 Å². The van der Waals surface area contributed by atoms with Crippen molar-refractivity contribution in [2.45, 2.75) is 38.9 Å². The molecule has 0 bridgehead atoms. The van der Waals surface area contributed by atoms with E-state index in [1.54, 1.807) is 4.90 Å². The SMILES string of the molecule is O=C(O)Cn1c2c(c3ccccc31)CC(C(=O)N(Cc1ccccc1)Cc1cc(F)ccc1F)CC2. The topological polar surface area (TPSA) is 62.5 Å². The summed E-state index contributed by atoms with van der Waals surface area (Å²) in [4.78, 5) is 27.0. The van der Waals surface area contributed by atoms with Crippen molar-refractivity contribution in [1.82, 2.24) is 9.47 Å². The highest BCUT2D eigenvalue weighted by molar-refractivity contribution is 5.88. The number of para-hydroxylation sites is 1. The Labute approximate surface area is 207 Å². The molecule has 1 amide bonds. The first-order valence-electron chi connectivity index (χ1n) is 12.0. The van der Waals surface area contributed by atoms with E-state index < -0.39 is 17.6 Å². The largest absolute Gasteiger partial charge is 0.480 e. The summed E-state index contributed by atoms with van der Waals surface area (Å²) in [5.74, 6) is -2.48. The van der Waals surface area contributed by atoms with Crippen molar-refractivity contribution in [1.29, 1.82) is 0 Å². The fourth-order valence-electron chi connectivity index (χ4n) is 5.27. The molecule has 1 aromatic heterocycles. The van der Waals surface area contributed by atoms with Crippen LogP contribution in [0.2, 0.25) is 0 Å². The maximum absolute atomic E-state index is 14.5. The molecule has 1 heterocycles. The van der Waals surface area contributed by atoms with Gasteiger partial charge in [0.2, 0.25) is 5.91 Å². The van der Waals surface area contributed by atoms with Crippen LogP contribution in [0.4, 0.5) is 8.78 Å². The maximum Gasteiger partial charge on any atom is 0.323 e. The summed E-state index contributed by atoms with van der Waals surface area (Å²) >= 11 is 0. The van der Waals surface area contributed by atoms with Crippen LogP contribution >= 0.6 is 0 Å². The summed E-state index contributed by atoms with van der Waals surface area (Å²) in [6.45, 7) is 0.106. The van der Waals surface area contributed by atoms with E-state index in [-0.39, 0.29) is 37.0 Å². The predicted octanol–water partition coefficient (Wildman–Crippen LogP) is 5.34. The second-order valence-corrected chi connectivity index (χ2v) is 9.28. The van der Waals surface area contributed by atoms with Gasteiger partial charge in [0.1, 0.15) is 18.2 Å². The highest BCUT2D eigenvalue weighted by Crippen LogP contribution is 2.35. The number of aliphatic carboxylic acids is 1. The van der Waals surface area contributed by atoms with Crippen LogP contribution < -0.4 is 0 Å². The lowest BCUT2D eigenvalue weighted by Gasteiger charge is -2.30. The highest BCUT2D eigenvalue weighted by Gasteiger charge is 2.32. The zero-order valence-corrected chi connectivity index (χ0v) is 19.7. The van der Waals surface area contributed by atoms with Crippen LogP contribution in [0.25, 0.3) is 10.9 Å². The van der Waals surface area contributed by atoms with Crippen LogP contribution in [0.15, 0.2) is 72.8 Å². The molecule has 5 rings (SSSR count). The van der Waals surface area contributed by atoms with Gasteiger partial charge in [-0.2, -0.15) is 0 Å². The lowest BCUT2D eigenvalue weighted by atomic mass is 9.85. The molecule has 3 aromatic carbocycles. The van der Waals surface area contributed by atoms with Gasteiger partial charge < -0.3 is 14.6 Å². The Balaban J connectivity index is 1.47. The number of hydrogen-bond donors (Lipinski definition) is 1. The van der Waals surface area contributed by atoms with Gasteiger partial charge in [-0.05, 0) is 54.7 Å². The van der Waals surface area contributed by atoms with Gasteiger partial charge in [0.25, 0.3) is 0 Å². The molecule has 0 spiro atoms. The number of aromatic nitrogens is 1. The van der Waals surface area contributed by atoms with Crippen molar-refractivity contribution >= 4 is 22.8 Å². The average Bonchev–Trinajstić information content (AvgIpc) is 3.18. The van der Waals surface area contributed by atoms with Crippen LogP contribution in [0.1, 0.15) is 28.8 Å². The van der Waals surface area contributed by atoms with Crippen LogP contribution in [-0.4, -0.2) is 26.5 Å². The molecular formula is C29H26F2N2O3. The molecule has 1 N–H and O–H groups in total. The maximum atomic E-state index is 14.5. The normalized spacial score (nSPS) is 15.0. The Morgan fingerprint density at radius 3 is 2.50 bits per heavy atom. The van der Waals surface area contributed by atoms with Crippen molar-refractivity contribution < 1.29 is 23.5 Å². The molecule has 0 saturated carbocycles. The molecule has 0 radical (unpaired) electrons. The summed E-state index contributed by atoms with van der Waals surface area (Å²) in [5, 5.41) is 10.4. The van der Waals surface area contributed by atoms with Crippen molar-refractivity contribution in [2.24, 2.45) is 5.92 Å². The number of halogens is 2. The molecule has 0 fully saturated rings. The molecule has 0 aliphatic heterocycles. The minimum absolute atomic E-state index is 0.0402. The summed E-state index contributed by atoms with van der Waals surface area (Å²) in [6.07, 6.45) is 1.60. The molecule has 4 aromatic rings. The Bertz CT molecular complexity index is 1430. The third-order valence-corrected chi connectivity index (χ3v) is 6.91. The molecule has 1 aliphatic carbocycles. The monoisotopic (exact) mass is 488 g/mol. The second kappa shape index (κ2) is 9.93. The van der Waals surface area contributed by atoms with Gasteiger partial charge in [0.15, 0.2) is 0 Å². The van der Waals surface area contributed by atoms with E-state index >= 15 is 0 Å². The van der Waals surface area contributed by atoms with Crippen LogP contribution in [0, 0.1) is 17.6 Å². The fraction of sp³-hybridized carbons (Fsp3) is 0.241. The minimum Gasteiger partial charge on any atom is -0.480 e. The molecular weight excluding hydrogens is 462 g/mol. The number of carboxylic acid groups (broad SMARTS) is 1. The highest BCUT2D eigenvalue weighted by atomic mass is 19.1. The standard InChI is InChI=1S/C29H26F2N2O3/c30-22-11-12-25(31)21(14-22)17-32(16-19-6-2-1-3-7-19)29(36)20-10-13-27-24(15-20)23-8-4-5-9-26(23)33(27)18-28(34)35/h1-9,11-12,14,20H,10,13,15-18H2,(H,34,35). The predicted molar refractivity (Wildman–Crippen MR) is 132 cm³/mol. The van der Waals surface area contributed by atoms with Crippen molar-refractivity contribution in [3.8, 4) is 0 Å². The Hall–Kier alpha value is -4.00. The molecule has 1 aliphatic rings. The van der Waals surface area contributed by atoms with Crippen molar-refractivity contribution in [3.05, 3.63) is 107 Å². The quantitative estimate of drug-likeness (QED) is 0.382. The van der Waals surface area contributed by atoms with Gasteiger partial charge in [-0.1, -0.05) is 48.5 Å². The van der Waals surface area contributed by atoms with Gasteiger partial charge in [-0.3, -0.25) is 9.59 Å². The molecule has 184 valence electrons. The second-order valence-electron chi connectivity index (χ2n) is 9.28.